The van der Waals surface area contributed by atoms with Gasteiger partial charge in [-0.2, -0.15) is 0 Å². The van der Waals surface area contributed by atoms with Gasteiger partial charge < -0.3 is 19.5 Å². The highest BCUT2D eigenvalue weighted by Crippen LogP contribution is 2.41. The predicted octanol–water partition coefficient (Wildman–Crippen LogP) is 4.10. The van der Waals surface area contributed by atoms with Crippen LogP contribution >= 0.6 is 0 Å². The van der Waals surface area contributed by atoms with Gasteiger partial charge in [-0.15, -0.1) is 0 Å². The lowest BCUT2D eigenvalue weighted by atomic mass is 9.95. The Labute approximate surface area is 196 Å². The maximum atomic E-state index is 13.1. The van der Waals surface area contributed by atoms with Gasteiger partial charge in [0.05, 0.1) is 31.4 Å². The first-order chi connectivity index (χ1) is 16.4. The average molecular weight is 457 g/mol. The molecule has 1 N–H and O–H groups in total. The summed E-state index contributed by atoms with van der Waals surface area (Å²) in [6, 6.07) is 21.5. The summed E-state index contributed by atoms with van der Waals surface area (Å²) in [4.78, 5) is 39.4. The number of ether oxygens (including phenoxy) is 2. The van der Waals surface area contributed by atoms with E-state index in [1.165, 1.54) is 19.1 Å². The minimum Gasteiger partial charge on any atom is -0.507 e. The Balaban J connectivity index is 1.80. The molecule has 1 atom stereocenters. The number of hydrogen-bond acceptors (Lipinski definition) is 6. The zero-order chi connectivity index (χ0) is 24.2. The Hall–Kier alpha value is -4.39. The zero-order valence-corrected chi connectivity index (χ0v) is 18.7. The molecule has 0 radical (unpaired) electrons. The van der Waals surface area contributed by atoms with Crippen molar-refractivity contribution in [3.8, 4) is 5.75 Å². The molecule has 0 saturated carbocycles. The molecule has 7 heteroatoms. The van der Waals surface area contributed by atoms with Gasteiger partial charge in [0.1, 0.15) is 11.5 Å². The molecule has 0 aromatic heterocycles. The molecule has 3 aromatic rings. The average Bonchev–Trinajstić information content (AvgIpc) is 3.13. The second kappa shape index (κ2) is 9.62. The van der Waals surface area contributed by atoms with Crippen LogP contribution in [0, 0.1) is 0 Å². The summed E-state index contributed by atoms with van der Waals surface area (Å²) >= 11 is 0. The van der Waals surface area contributed by atoms with Crippen LogP contribution in [-0.2, 0) is 20.9 Å². The van der Waals surface area contributed by atoms with Crippen molar-refractivity contribution in [1.29, 1.82) is 0 Å². The summed E-state index contributed by atoms with van der Waals surface area (Å²) < 4.78 is 10.1. The summed E-state index contributed by atoms with van der Waals surface area (Å²) in [5.74, 6) is -1.63. The van der Waals surface area contributed by atoms with Crippen LogP contribution in [0.4, 0.5) is 0 Å². The van der Waals surface area contributed by atoms with Crippen LogP contribution in [0.25, 0.3) is 5.76 Å². The molecule has 4 rings (SSSR count). The quantitative estimate of drug-likeness (QED) is 0.259. The van der Waals surface area contributed by atoms with Crippen molar-refractivity contribution in [1.82, 2.24) is 4.90 Å². The Morgan fingerprint density at radius 1 is 0.912 bits per heavy atom. The molecule has 1 unspecified atom stereocenters. The molecule has 0 bridgehead atoms. The number of benzene rings is 3. The van der Waals surface area contributed by atoms with Crippen LogP contribution < -0.4 is 4.74 Å². The molecule has 1 aliphatic rings. The maximum Gasteiger partial charge on any atom is 0.337 e. The van der Waals surface area contributed by atoms with E-state index in [1.54, 1.807) is 78.9 Å². The van der Waals surface area contributed by atoms with Gasteiger partial charge in [0, 0.05) is 12.1 Å². The number of aliphatic hydroxyl groups excluding tert-OH is 1. The number of amides is 1. The lowest BCUT2D eigenvalue weighted by Crippen LogP contribution is -2.29. The molecule has 1 saturated heterocycles. The van der Waals surface area contributed by atoms with E-state index in [4.69, 9.17) is 9.47 Å². The number of carbonyl (C=O) groups is 3. The third kappa shape index (κ3) is 4.28. The Kier molecular flexibility index (Phi) is 6.45. The van der Waals surface area contributed by atoms with Crippen LogP contribution in [0.1, 0.15) is 33.1 Å². The first-order valence-corrected chi connectivity index (χ1v) is 10.6. The van der Waals surface area contributed by atoms with Crippen molar-refractivity contribution in [3.05, 3.63) is 107 Å². The number of likely N-dealkylation sites (tertiary alicyclic amines) is 1. The second-order valence-electron chi connectivity index (χ2n) is 7.76. The minimum atomic E-state index is -0.824. The lowest BCUT2D eigenvalue weighted by Gasteiger charge is -2.26. The van der Waals surface area contributed by atoms with E-state index in [9.17, 15) is 19.5 Å². The highest BCUT2D eigenvalue weighted by molar-refractivity contribution is 6.46. The number of nitrogens with zero attached hydrogens (tertiary/aromatic N) is 1. The van der Waals surface area contributed by atoms with Crippen LogP contribution in [0.15, 0.2) is 84.4 Å². The Bertz CT molecular complexity index is 1260. The Morgan fingerprint density at radius 3 is 2.26 bits per heavy atom. The predicted molar refractivity (Wildman–Crippen MR) is 125 cm³/mol. The molecule has 34 heavy (non-hydrogen) atoms. The summed E-state index contributed by atoms with van der Waals surface area (Å²) in [5.41, 5.74) is 2.16. The highest BCUT2D eigenvalue weighted by Gasteiger charge is 2.46. The number of methoxy groups -OCH3 is 2. The van der Waals surface area contributed by atoms with Gasteiger partial charge in [-0.05, 0) is 35.4 Å². The van der Waals surface area contributed by atoms with Gasteiger partial charge in [-0.1, -0.05) is 54.6 Å². The van der Waals surface area contributed by atoms with Gasteiger partial charge in [-0.3, -0.25) is 9.59 Å². The SMILES string of the molecule is COC(=O)c1ccc(CN2C(=O)C(=O)/C(=C(/O)c3ccccc3)C2c2cccc(OC)c2)cc1. The van der Waals surface area contributed by atoms with Gasteiger partial charge in [0.2, 0.25) is 0 Å². The first kappa shape index (κ1) is 22.8. The van der Waals surface area contributed by atoms with Crippen LogP contribution in [0.3, 0.4) is 0 Å². The molecule has 7 nitrogen and oxygen atoms in total. The molecule has 1 heterocycles. The number of Topliss-reactive ketones (excluding diaryl/α,β-unsaturated/α-hetero) is 1. The van der Waals surface area contributed by atoms with Crippen molar-refractivity contribution in [3.63, 3.8) is 0 Å². The Morgan fingerprint density at radius 2 is 1.62 bits per heavy atom. The number of ketones is 1. The van der Waals surface area contributed by atoms with Crippen molar-refractivity contribution in [2.45, 2.75) is 12.6 Å². The third-order valence-electron chi connectivity index (χ3n) is 5.72. The molecule has 172 valence electrons. The van der Waals surface area contributed by atoms with E-state index < -0.39 is 23.7 Å². The van der Waals surface area contributed by atoms with Crippen molar-refractivity contribution < 1.29 is 29.0 Å². The van der Waals surface area contributed by atoms with E-state index in [2.05, 4.69) is 0 Å². The molecule has 0 aliphatic carbocycles. The lowest BCUT2D eigenvalue weighted by molar-refractivity contribution is -0.140. The molecular weight excluding hydrogens is 434 g/mol. The summed E-state index contributed by atoms with van der Waals surface area (Å²) in [7, 11) is 2.83. The van der Waals surface area contributed by atoms with Gasteiger partial charge >= 0.3 is 5.97 Å². The van der Waals surface area contributed by atoms with Crippen molar-refractivity contribution in [2.24, 2.45) is 0 Å². The van der Waals surface area contributed by atoms with Crippen LogP contribution in [-0.4, -0.2) is 41.9 Å². The normalized spacial score (nSPS) is 17.0. The molecule has 1 aliphatic heterocycles. The fourth-order valence-electron chi connectivity index (χ4n) is 4.01. The van der Waals surface area contributed by atoms with Gasteiger partial charge in [0.25, 0.3) is 11.7 Å². The second-order valence-corrected chi connectivity index (χ2v) is 7.76. The highest BCUT2D eigenvalue weighted by atomic mass is 16.5. The van der Waals surface area contributed by atoms with E-state index in [0.717, 1.165) is 0 Å². The van der Waals surface area contributed by atoms with Gasteiger partial charge in [-0.25, -0.2) is 4.79 Å². The van der Waals surface area contributed by atoms with Gasteiger partial charge in [0.15, 0.2) is 0 Å². The molecule has 3 aromatic carbocycles. The van der Waals surface area contributed by atoms with E-state index in [-0.39, 0.29) is 17.9 Å². The number of esters is 1. The summed E-state index contributed by atoms with van der Waals surface area (Å²) in [6.07, 6.45) is 0. The van der Waals surface area contributed by atoms with E-state index >= 15 is 0 Å². The number of aliphatic hydroxyl groups is 1. The smallest absolute Gasteiger partial charge is 0.337 e. The van der Waals surface area contributed by atoms with Crippen molar-refractivity contribution >= 4 is 23.4 Å². The fourth-order valence-corrected chi connectivity index (χ4v) is 4.01. The first-order valence-electron chi connectivity index (χ1n) is 10.6. The number of carbonyl (C=O) groups excluding carboxylic acids is 3. The van der Waals surface area contributed by atoms with E-state index in [1.807, 2.05) is 0 Å². The fraction of sp³-hybridized carbons (Fsp3) is 0.148. The van der Waals surface area contributed by atoms with E-state index in [0.29, 0.717) is 28.0 Å². The summed E-state index contributed by atoms with van der Waals surface area (Å²) in [6.45, 7) is 0.0967. The molecule has 1 fully saturated rings. The summed E-state index contributed by atoms with van der Waals surface area (Å²) in [5, 5.41) is 11.1. The largest absolute Gasteiger partial charge is 0.507 e. The van der Waals surface area contributed by atoms with Crippen molar-refractivity contribution in [2.75, 3.05) is 14.2 Å². The minimum absolute atomic E-state index is 0.00985. The van der Waals surface area contributed by atoms with Crippen LogP contribution in [0.5, 0.6) is 5.75 Å². The number of rotatable bonds is 6. The molecule has 1 amide bonds. The molecular formula is C27H23NO6. The monoisotopic (exact) mass is 457 g/mol. The zero-order valence-electron chi connectivity index (χ0n) is 18.7. The number of hydrogen-bond donors (Lipinski definition) is 1. The topological polar surface area (TPSA) is 93.1 Å². The standard InChI is InChI=1S/C27H23NO6/c1-33-21-10-6-9-20(15-21)23-22(24(29)18-7-4-3-5-8-18)25(30)26(31)28(23)16-17-11-13-19(14-12-17)27(32)34-2/h3-15,23,29H,16H2,1-2H3/b24-22+. The molecule has 0 spiro atoms. The maximum absolute atomic E-state index is 13.1. The third-order valence-corrected chi connectivity index (χ3v) is 5.72. The van der Waals surface area contributed by atoms with Crippen LogP contribution in [0.2, 0.25) is 0 Å².